The minimum Gasteiger partial charge on any atom is -0.480 e. The number of hydrogen-bond donors (Lipinski definition) is 1. The Morgan fingerprint density at radius 1 is 1.67 bits per heavy atom. The number of carbonyl (C=O) groups is 1. The first kappa shape index (κ1) is 12.8. The predicted molar refractivity (Wildman–Crippen MR) is 61.4 cm³/mol. The Morgan fingerprint density at radius 2 is 2.33 bits per heavy atom. The van der Waals surface area contributed by atoms with Gasteiger partial charge in [-0.05, 0) is 6.92 Å². The van der Waals surface area contributed by atoms with Crippen molar-refractivity contribution in [2.24, 2.45) is 0 Å². The lowest BCUT2D eigenvalue weighted by Gasteiger charge is -2.40. The van der Waals surface area contributed by atoms with Crippen molar-refractivity contribution in [2.75, 3.05) is 26.0 Å². The third-order valence-corrected chi connectivity index (χ3v) is 4.28. The van der Waals surface area contributed by atoms with Gasteiger partial charge in [0.2, 0.25) is 0 Å². The first-order valence-electron chi connectivity index (χ1n) is 5.17. The van der Waals surface area contributed by atoms with Gasteiger partial charge < -0.3 is 9.84 Å². The Kier molecular flexibility index (Phi) is 4.89. The number of thioether (sulfide) groups is 1. The molecule has 0 aromatic rings. The van der Waals surface area contributed by atoms with Crippen molar-refractivity contribution in [2.45, 2.75) is 31.2 Å². The first-order chi connectivity index (χ1) is 7.07. The summed E-state index contributed by atoms with van der Waals surface area (Å²) >= 11 is 1.90. The topological polar surface area (TPSA) is 49.8 Å². The summed E-state index contributed by atoms with van der Waals surface area (Å²) in [5.74, 6) is 0.210. The van der Waals surface area contributed by atoms with Crippen molar-refractivity contribution in [1.29, 1.82) is 0 Å². The molecule has 1 aliphatic rings. The highest BCUT2D eigenvalue weighted by atomic mass is 32.2. The Labute approximate surface area is 95.0 Å². The number of nitrogens with zero attached hydrogens (tertiary/aromatic N) is 1. The van der Waals surface area contributed by atoms with Gasteiger partial charge in [-0.2, -0.15) is 11.8 Å². The zero-order valence-corrected chi connectivity index (χ0v) is 10.3. The van der Waals surface area contributed by atoms with Crippen LogP contribution >= 0.6 is 11.8 Å². The molecule has 15 heavy (non-hydrogen) atoms. The molecule has 0 aromatic carbocycles. The Bertz CT molecular complexity index is 225. The fourth-order valence-electron chi connectivity index (χ4n) is 1.86. The van der Waals surface area contributed by atoms with E-state index < -0.39 is 12.0 Å². The number of methoxy groups -OCH3 is 1. The minimum atomic E-state index is -0.789. The smallest absolute Gasteiger partial charge is 0.323 e. The van der Waals surface area contributed by atoms with E-state index in [1.807, 2.05) is 16.7 Å². The zero-order valence-electron chi connectivity index (χ0n) is 9.47. The predicted octanol–water partition coefficient (Wildman–Crippen LogP) is 0.912. The lowest BCUT2D eigenvalue weighted by molar-refractivity contribution is -0.146. The summed E-state index contributed by atoms with van der Waals surface area (Å²) in [5.41, 5.74) is 0. The lowest BCUT2D eigenvalue weighted by atomic mass is 10.1. The average Bonchev–Trinajstić information content (AvgIpc) is 2.19. The fraction of sp³-hybridized carbons (Fsp3) is 0.900. The molecular weight excluding hydrogens is 214 g/mol. The molecule has 1 rings (SSSR count). The largest absolute Gasteiger partial charge is 0.480 e. The highest BCUT2D eigenvalue weighted by Crippen LogP contribution is 2.25. The van der Waals surface area contributed by atoms with E-state index in [1.54, 1.807) is 7.11 Å². The lowest BCUT2D eigenvalue weighted by Crippen LogP contribution is -2.54. The second-order valence-electron chi connectivity index (χ2n) is 3.86. The van der Waals surface area contributed by atoms with Gasteiger partial charge in [-0.15, -0.1) is 0 Å². The van der Waals surface area contributed by atoms with E-state index in [0.29, 0.717) is 11.3 Å². The van der Waals surface area contributed by atoms with Crippen LogP contribution in [0.3, 0.4) is 0 Å². The fourth-order valence-corrected chi connectivity index (χ4v) is 2.99. The maximum atomic E-state index is 11.1. The van der Waals surface area contributed by atoms with E-state index in [2.05, 4.69) is 13.8 Å². The van der Waals surface area contributed by atoms with E-state index in [4.69, 9.17) is 9.84 Å². The van der Waals surface area contributed by atoms with Crippen LogP contribution in [0.1, 0.15) is 13.8 Å². The second kappa shape index (κ2) is 5.72. The van der Waals surface area contributed by atoms with Gasteiger partial charge in [0, 0.05) is 30.7 Å². The van der Waals surface area contributed by atoms with Crippen LogP contribution in [0.4, 0.5) is 0 Å². The van der Waals surface area contributed by atoms with Crippen molar-refractivity contribution in [3.8, 4) is 0 Å². The molecule has 88 valence electrons. The summed E-state index contributed by atoms with van der Waals surface area (Å²) in [6.07, 6.45) is 0. The molecule has 1 N–H and O–H groups in total. The van der Waals surface area contributed by atoms with Gasteiger partial charge >= 0.3 is 5.97 Å². The maximum absolute atomic E-state index is 11.1. The van der Waals surface area contributed by atoms with E-state index in [-0.39, 0.29) is 6.61 Å². The van der Waals surface area contributed by atoms with E-state index in [9.17, 15) is 4.79 Å². The van der Waals surface area contributed by atoms with Crippen LogP contribution < -0.4 is 0 Å². The molecule has 1 heterocycles. The van der Waals surface area contributed by atoms with Crippen LogP contribution in [0.5, 0.6) is 0 Å². The van der Waals surface area contributed by atoms with Crippen molar-refractivity contribution < 1.29 is 14.6 Å². The molecule has 0 aliphatic carbocycles. The summed E-state index contributed by atoms with van der Waals surface area (Å²) in [6.45, 7) is 5.32. The highest BCUT2D eigenvalue weighted by Gasteiger charge is 2.34. The average molecular weight is 233 g/mol. The molecule has 0 aromatic heterocycles. The van der Waals surface area contributed by atoms with Gasteiger partial charge in [-0.3, -0.25) is 9.69 Å². The molecular formula is C10H19NO3S. The van der Waals surface area contributed by atoms with Crippen molar-refractivity contribution >= 4 is 17.7 Å². The third-order valence-electron chi connectivity index (χ3n) is 2.94. The van der Waals surface area contributed by atoms with Crippen LogP contribution in [0.15, 0.2) is 0 Å². The number of ether oxygens (including phenoxy) is 1. The van der Waals surface area contributed by atoms with Crippen LogP contribution in [-0.2, 0) is 9.53 Å². The van der Waals surface area contributed by atoms with Gasteiger partial charge in [-0.1, -0.05) is 6.92 Å². The van der Waals surface area contributed by atoms with Crippen LogP contribution in [-0.4, -0.2) is 59.3 Å². The molecule has 1 fully saturated rings. The van der Waals surface area contributed by atoms with Gasteiger partial charge in [-0.25, -0.2) is 0 Å². The van der Waals surface area contributed by atoms with Crippen LogP contribution in [0.2, 0.25) is 0 Å². The molecule has 3 atom stereocenters. The van der Waals surface area contributed by atoms with Crippen molar-refractivity contribution in [1.82, 2.24) is 4.90 Å². The third kappa shape index (κ3) is 3.09. The van der Waals surface area contributed by atoms with E-state index >= 15 is 0 Å². The molecule has 0 spiro atoms. The summed E-state index contributed by atoms with van der Waals surface area (Å²) in [7, 11) is 1.54. The van der Waals surface area contributed by atoms with E-state index in [0.717, 1.165) is 12.3 Å². The standard InChI is InChI=1S/C10H19NO3S/c1-7-8(2)15-5-4-11(7)9(6-14-3)10(12)13/h7-9H,4-6H2,1-3H3,(H,12,13). The molecule has 1 saturated heterocycles. The quantitative estimate of drug-likeness (QED) is 0.782. The molecule has 5 heteroatoms. The molecule has 1 aliphatic heterocycles. The number of aliphatic carboxylic acids is 1. The molecule has 4 nitrogen and oxygen atoms in total. The Balaban J connectivity index is 2.68. The molecule has 0 bridgehead atoms. The van der Waals surface area contributed by atoms with Gasteiger partial charge in [0.15, 0.2) is 0 Å². The normalized spacial score (nSPS) is 30.1. The zero-order chi connectivity index (χ0) is 11.4. The number of rotatable bonds is 4. The van der Waals surface area contributed by atoms with Gasteiger partial charge in [0.05, 0.1) is 6.61 Å². The molecule has 0 radical (unpaired) electrons. The summed E-state index contributed by atoms with van der Waals surface area (Å²) in [6, 6.07) is -0.214. The Morgan fingerprint density at radius 3 is 2.87 bits per heavy atom. The monoisotopic (exact) mass is 233 g/mol. The maximum Gasteiger partial charge on any atom is 0.323 e. The molecule has 0 saturated carbocycles. The van der Waals surface area contributed by atoms with Crippen LogP contribution in [0, 0.1) is 0 Å². The Hall–Kier alpha value is -0.260. The van der Waals surface area contributed by atoms with Crippen molar-refractivity contribution in [3.63, 3.8) is 0 Å². The number of hydrogen-bond acceptors (Lipinski definition) is 4. The SMILES string of the molecule is COCC(C(=O)O)N1CCSC(C)C1C. The van der Waals surface area contributed by atoms with Crippen molar-refractivity contribution in [3.05, 3.63) is 0 Å². The molecule has 0 amide bonds. The first-order valence-corrected chi connectivity index (χ1v) is 6.22. The van der Waals surface area contributed by atoms with Gasteiger partial charge in [0.25, 0.3) is 0 Å². The summed E-state index contributed by atoms with van der Waals surface area (Å²) in [5, 5.41) is 9.62. The number of carboxylic acid groups (broad SMARTS) is 1. The second-order valence-corrected chi connectivity index (χ2v) is 5.35. The highest BCUT2D eigenvalue weighted by molar-refractivity contribution is 8.00. The minimum absolute atomic E-state index is 0.261. The van der Waals surface area contributed by atoms with E-state index in [1.165, 1.54) is 0 Å². The van der Waals surface area contributed by atoms with Gasteiger partial charge in [0.1, 0.15) is 6.04 Å². The number of carboxylic acids is 1. The van der Waals surface area contributed by atoms with Crippen LogP contribution in [0.25, 0.3) is 0 Å². The summed E-state index contributed by atoms with van der Waals surface area (Å²) < 4.78 is 4.97. The molecule has 3 unspecified atom stereocenters. The summed E-state index contributed by atoms with van der Waals surface area (Å²) in [4.78, 5) is 13.1.